The summed E-state index contributed by atoms with van der Waals surface area (Å²) in [4.78, 5) is 27.3. The van der Waals surface area contributed by atoms with Crippen LogP contribution in [-0.2, 0) is 9.84 Å². The second-order valence-electron chi connectivity index (χ2n) is 7.87. The van der Waals surface area contributed by atoms with E-state index < -0.39 is 26.4 Å². The molecule has 1 fully saturated rings. The lowest BCUT2D eigenvalue weighted by molar-refractivity contribution is -0.385. The molecule has 0 atom stereocenters. The summed E-state index contributed by atoms with van der Waals surface area (Å²) < 4.78 is 23.5. The molecule has 0 unspecified atom stereocenters. The Hall–Kier alpha value is -2.98. The Balaban J connectivity index is 1.42. The van der Waals surface area contributed by atoms with Gasteiger partial charge in [0, 0.05) is 62.4 Å². The smallest absolute Gasteiger partial charge is 0.271 e. The highest BCUT2D eigenvalue weighted by atomic mass is 32.2. The summed E-state index contributed by atoms with van der Waals surface area (Å²) in [5.74, 6) is -0.518. The SMILES string of the molecule is CS(=O)(=O)c1cc(C(=O)NCCCCN2CCN(c3ccccc3)CC2)cc([N+](=O)[O-])c1. The average Bonchev–Trinajstić information content (AvgIpc) is 2.79. The molecule has 1 N–H and O–H groups in total. The summed E-state index contributed by atoms with van der Waals surface area (Å²) >= 11 is 0. The number of sulfone groups is 1. The van der Waals surface area contributed by atoms with Crippen molar-refractivity contribution in [3.05, 3.63) is 64.2 Å². The van der Waals surface area contributed by atoms with Crippen molar-refractivity contribution in [2.75, 3.05) is 50.4 Å². The van der Waals surface area contributed by atoms with Crippen molar-refractivity contribution in [3.8, 4) is 0 Å². The first-order chi connectivity index (χ1) is 15.2. The third-order valence-corrected chi connectivity index (χ3v) is 6.56. The van der Waals surface area contributed by atoms with Gasteiger partial charge >= 0.3 is 0 Å². The number of non-ortho nitro benzene ring substituents is 1. The van der Waals surface area contributed by atoms with E-state index in [1.165, 1.54) is 11.8 Å². The maximum atomic E-state index is 12.4. The standard InChI is InChI=1S/C22H28N4O5S/c1-32(30,31)21-16-18(15-20(17-21)26(28)29)22(27)23-9-5-6-10-24-11-13-25(14-12-24)19-7-3-2-4-8-19/h2-4,7-8,15-17H,5-6,9-14H2,1H3,(H,23,27). The van der Waals surface area contributed by atoms with Gasteiger partial charge in [-0.1, -0.05) is 18.2 Å². The zero-order chi connectivity index (χ0) is 23.1. The number of unbranched alkanes of at least 4 members (excludes halogenated alkanes) is 1. The summed E-state index contributed by atoms with van der Waals surface area (Å²) in [7, 11) is -3.67. The number of carbonyl (C=O) groups is 1. The summed E-state index contributed by atoms with van der Waals surface area (Å²) in [6.07, 6.45) is 2.63. The Bertz CT molecular complexity index is 1050. The van der Waals surface area contributed by atoms with Crippen LogP contribution in [0.2, 0.25) is 0 Å². The number of carbonyl (C=O) groups excluding carboxylic acids is 1. The number of nitro groups is 1. The van der Waals surface area contributed by atoms with Gasteiger partial charge in [0.25, 0.3) is 11.6 Å². The van der Waals surface area contributed by atoms with Crippen molar-refractivity contribution in [3.63, 3.8) is 0 Å². The fraction of sp³-hybridized carbons (Fsp3) is 0.409. The first kappa shape index (κ1) is 23.7. The number of para-hydroxylation sites is 1. The van der Waals surface area contributed by atoms with Crippen LogP contribution in [0.5, 0.6) is 0 Å². The van der Waals surface area contributed by atoms with Crippen LogP contribution in [0.1, 0.15) is 23.2 Å². The number of benzene rings is 2. The molecule has 1 heterocycles. The van der Waals surface area contributed by atoms with Crippen LogP contribution in [0.25, 0.3) is 0 Å². The van der Waals surface area contributed by atoms with Gasteiger partial charge in [-0.3, -0.25) is 19.8 Å². The van der Waals surface area contributed by atoms with Gasteiger partial charge < -0.3 is 10.2 Å². The van der Waals surface area contributed by atoms with Crippen molar-refractivity contribution < 1.29 is 18.1 Å². The molecule has 172 valence electrons. The molecule has 2 aromatic carbocycles. The van der Waals surface area contributed by atoms with Crippen LogP contribution >= 0.6 is 0 Å². The normalized spacial score (nSPS) is 14.8. The highest BCUT2D eigenvalue weighted by molar-refractivity contribution is 7.90. The van der Waals surface area contributed by atoms with Crippen LogP contribution in [0.15, 0.2) is 53.4 Å². The largest absolute Gasteiger partial charge is 0.369 e. The quantitative estimate of drug-likeness (QED) is 0.347. The molecule has 0 radical (unpaired) electrons. The highest BCUT2D eigenvalue weighted by Crippen LogP contribution is 2.21. The fourth-order valence-electron chi connectivity index (χ4n) is 3.67. The zero-order valence-electron chi connectivity index (χ0n) is 18.1. The fourth-order valence-corrected chi connectivity index (χ4v) is 4.34. The lowest BCUT2D eigenvalue weighted by Crippen LogP contribution is -2.46. The minimum Gasteiger partial charge on any atom is -0.369 e. The van der Waals surface area contributed by atoms with Gasteiger partial charge in [0.1, 0.15) is 0 Å². The van der Waals surface area contributed by atoms with Crippen molar-refractivity contribution in [1.29, 1.82) is 0 Å². The van der Waals surface area contributed by atoms with Gasteiger partial charge in [0.05, 0.1) is 9.82 Å². The number of piperazine rings is 1. The Morgan fingerprint density at radius 1 is 1.06 bits per heavy atom. The van der Waals surface area contributed by atoms with Crippen molar-refractivity contribution in [2.45, 2.75) is 17.7 Å². The summed E-state index contributed by atoms with van der Waals surface area (Å²) in [5.41, 5.74) is 0.791. The predicted molar refractivity (Wildman–Crippen MR) is 123 cm³/mol. The lowest BCUT2D eigenvalue weighted by atomic mass is 10.2. The third-order valence-electron chi connectivity index (χ3n) is 5.47. The topological polar surface area (TPSA) is 113 Å². The van der Waals surface area contributed by atoms with Crippen LogP contribution < -0.4 is 10.2 Å². The number of hydrogen-bond acceptors (Lipinski definition) is 7. The number of nitro benzene ring substituents is 1. The first-order valence-electron chi connectivity index (χ1n) is 10.5. The Morgan fingerprint density at radius 2 is 1.75 bits per heavy atom. The molecule has 2 aromatic rings. The number of nitrogens with one attached hydrogen (secondary N) is 1. The van der Waals surface area contributed by atoms with Gasteiger partial charge in [-0.05, 0) is 37.6 Å². The lowest BCUT2D eigenvalue weighted by Gasteiger charge is -2.36. The van der Waals surface area contributed by atoms with E-state index in [4.69, 9.17) is 0 Å². The number of anilines is 1. The van der Waals surface area contributed by atoms with Gasteiger partial charge in [0.15, 0.2) is 9.84 Å². The summed E-state index contributed by atoms with van der Waals surface area (Å²) in [5, 5.41) is 13.8. The van der Waals surface area contributed by atoms with Gasteiger partial charge in [-0.25, -0.2) is 8.42 Å². The summed E-state index contributed by atoms with van der Waals surface area (Å²) in [6.45, 7) is 5.30. The molecular weight excluding hydrogens is 432 g/mol. The van der Waals surface area contributed by atoms with Crippen LogP contribution in [0, 0.1) is 10.1 Å². The molecule has 1 saturated heterocycles. The van der Waals surface area contributed by atoms with E-state index in [1.54, 1.807) is 0 Å². The Morgan fingerprint density at radius 3 is 2.38 bits per heavy atom. The van der Waals surface area contributed by atoms with E-state index in [-0.39, 0.29) is 10.5 Å². The maximum absolute atomic E-state index is 12.4. The van der Waals surface area contributed by atoms with E-state index in [2.05, 4.69) is 27.2 Å². The predicted octanol–water partition coefficient (Wildman–Crippen LogP) is 2.33. The van der Waals surface area contributed by atoms with E-state index in [1.807, 2.05) is 18.2 Å². The van der Waals surface area contributed by atoms with Gasteiger partial charge in [-0.2, -0.15) is 0 Å². The zero-order valence-corrected chi connectivity index (χ0v) is 18.9. The molecule has 9 nitrogen and oxygen atoms in total. The average molecular weight is 461 g/mol. The third kappa shape index (κ3) is 6.51. The Labute approximate surface area is 188 Å². The molecule has 0 aliphatic carbocycles. The van der Waals surface area contributed by atoms with E-state index in [0.29, 0.717) is 6.54 Å². The van der Waals surface area contributed by atoms with Crippen molar-refractivity contribution in [2.24, 2.45) is 0 Å². The molecule has 0 aromatic heterocycles. The number of rotatable bonds is 9. The number of amides is 1. The second-order valence-corrected chi connectivity index (χ2v) is 9.89. The molecular formula is C22H28N4O5S. The first-order valence-corrected chi connectivity index (χ1v) is 12.4. The highest BCUT2D eigenvalue weighted by Gasteiger charge is 2.19. The number of hydrogen-bond donors (Lipinski definition) is 1. The molecule has 32 heavy (non-hydrogen) atoms. The van der Waals surface area contributed by atoms with Gasteiger partial charge in [-0.15, -0.1) is 0 Å². The monoisotopic (exact) mass is 460 g/mol. The van der Waals surface area contributed by atoms with E-state index >= 15 is 0 Å². The number of nitrogens with zero attached hydrogens (tertiary/aromatic N) is 3. The van der Waals surface area contributed by atoms with Crippen molar-refractivity contribution >= 4 is 27.1 Å². The molecule has 0 saturated carbocycles. The summed E-state index contributed by atoms with van der Waals surface area (Å²) in [6, 6.07) is 13.6. The van der Waals surface area contributed by atoms with Crippen LogP contribution in [-0.4, -0.2) is 69.7 Å². The molecule has 10 heteroatoms. The molecule has 1 amide bonds. The van der Waals surface area contributed by atoms with Gasteiger partial charge in [0.2, 0.25) is 0 Å². The maximum Gasteiger partial charge on any atom is 0.271 e. The Kier molecular flexibility index (Phi) is 7.81. The van der Waals surface area contributed by atoms with Crippen LogP contribution in [0.3, 0.4) is 0 Å². The molecule has 0 spiro atoms. The van der Waals surface area contributed by atoms with Crippen molar-refractivity contribution in [1.82, 2.24) is 10.2 Å². The van der Waals surface area contributed by atoms with Crippen LogP contribution in [0.4, 0.5) is 11.4 Å². The molecule has 3 rings (SSSR count). The molecule has 1 aliphatic rings. The second kappa shape index (κ2) is 10.6. The minimum absolute atomic E-state index is 0.0309. The molecule has 0 bridgehead atoms. The van der Waals surface area contributed by atoms with E-state index in [0.717, 1.165) is 64.0 Å². The minimum atomic E-state index is -3.67. The van der Waals surface area contributed by atoms with E-state index in [9.17, 15) is 23.3 Å². The molecule has 1 aliphatic heterocycles.